The number of benzene rings is 1. The summed E-state index contributed by atoms with van der Waals surface area (Å²) in [4.78, 5) is 0. The molecule has 0 radical (unpaired) electrons. The first-order valence-electron chi connectivity index (χ1n) is 13.1. The first-order chi connectivity index (χ1) is 16.4. The second-order valence-electron chi connectivity index (χ2n) is 10.4. The van der Waals surface area contributed by atoms with Crippen LogP contribution in [0, 0.1) is 35.3 Å². The molecule has 1 aromatic heterocycles. The summed E-state index contributed by atoms with van der Waals surface area (Å²) in [5.74, 6) is -0.477. The maximum Gasteiger partial charge on any atom is 0.400 e. The van der Waals surface area contributed by atoms with Crippen LogP contribution in [0.1, 0.15) is 84.0 Å². The van der Waals surface area contributed by atoms with Crippen molar-refractivity contribution in [1.29, 1.82) is 0 Å². The fraction of sp³-hybridized carbons (Fsp3) is 0.643. The van der Waals surface area contributed by atoms with Crippen molar-refractivity contribution in [3.8, 4) is 11.4 Å². The van der Waals surface area contributed by atoms with Gasteiger partial charge in [0.05, 0.1) is 5.92 Å². The highest BCUT2D eigenvalue weighted by atomic mass is 19.3. The Morgan fingerprint density at radius 1 is 0.824 bits per heavy atom. The molecule has 1 heterocycles. The summed E-state index contributed by atoms with van der Waals surface area (Å²) in [5, 5.41) is 0. The highest BCUT2D eigenvalue weighted by Gasteiger charge is 2.45. The van der Waals surface area contributed by atoms with E-state index in [0.717, 1.165) is 31.2 Å². The van der Waals surface area contributed by atoms with Gasteiger partial charge in [-0.15, -0.1) is 0 Å². The van der Waals surface area contributed by atoms with E-state index in [4.69, 9.17) is 4.74 Å². The number of aromatic nitrogens is 1. The maximum absolute atomic E-state index is 14.9. The van der Waals surface area contributed by atoms with E-state index in [1.54, 1.807) is 0 Å². The van der Waals surface area contributed by atoms with Gasteiger partial charge in [0.2, 0.25) is 0 Å². The molecule has 0 amide bonds. The molecule has 2 aliphatic rings. The third-order valence-corrected chi connectivity index (χ3v) is 8.14. The molecule has 2 aromatic rings. The molecule has 2 nitrogen and oxygen atoms in total. The van der Waals surface area contributed by atoms with E-state index in [2.05, 4.69) is 6.92 Å². The van der Waals surface area contributed by atoms with Gasteiger partial charge in [-0.25, -0.2) is 8.78 Å². The van der Waals surface area contributed by atoms with Crippen LogP contribution in [0.5, 0.6) is 5.75 Å². The van der Waals surface area contributed by atoms with Crippen molar-refractivity contribution < 1.29 is 22.3 Å². The minimum Gasteiger partial charge on any atom is -0.432 e. The smallest absolute Gasteiger partial charge is 0.400 e. The van der Waals surface area contributed by atoms with E-state index in [1.807, 2.05) is 0 Å². The molecule has 2 fully saturated rings. The summed E-state index contributed by atoms with van der Waals surface area (Å²) < 4.78 is 62.7. The van der Waals surface area contributed by atoms with Gasteiger partial charge < -0.3 is 9.30 Å². The van der Waals surface area contributed by atoms with Crippen LogP contribution < -0.4 is 4.74 Å². The number of ether oxygens (including phenoxy) is 1. The average Bonchev–Trinajstić information content (AvgIpc) is 3.18. The zero-order valence-electron chi connectivity index (χ0n) is 20.1. The Morgan fingerprint density at radius 2 is 1.38 bits per heavy atom. The van der Waals surface area contributed by atoms with Gasteiger partial charge in [-0.2, -0.15) is 8.78 Å². The summed E-state index contributed by atoms with van der Waals surface area (Å²) in [6, 6.07) is 5.87. The minimum absolute atomic E-state index is 0.0605. The lowest BCUT2D eigenvalue weighted by molar-refractivity contribution is -0.224. The molecule has 1 aromatic carbocycles. The van der Waals surface area contributed by atoms with Gasteiger partial charge >= 0.3 is 6.11 Å². The standard InChI is InChI=1S/C28H37F4NO/c1-2-3-4-5-20-6-8-21(9-7-20)22-10-12-23(13-11-22)28(31,32)34-25-16-14-24(15-17-25)33-18-26(29)27(30)19-33/h14-23H,2-13H2,1H3. The summed E-state index contributed by atoms with van der Waals surface area (Å²) in [6.07, 6.45) is 12.0. The molecule has 188 valence electrons. The quantitative estimate of drug-likeness (QED) is 0.259. The van der Waals surface area contributed by atoms with Crippen LogP contribution in [0.15, 0.2) is 36.7 Å². The highest BCUT2D eigenvalue weighted by molar-refractivity contribution is 5.38. The Labute approximate surface area is 200 Å². The second-order valence-corrected chi connectivity index (χ2v) is 10.4. The van der Waals surface area contributed by atoms with Gasteiger partial charge in [-0.3, -0.25) is 0 Å². The molecule has 2 aliphatic carbocycles. The van der Waals surface area contributed by atoms with Crippen molar-refractivity contribution in [2.24, 2.45) is 23.7 Å². The van der Waals surface area contributed by atoms with E-state index in [-0.39, 0.29) is 5.75 Å². The summed E-state index contributed by atoms with van der Waals surface area (Å²) in [5.41, 5.74) is 0.471. The van der Waals surface area contributed by atoms with Gasteiger partial charge in [0.1, 0.15) is 5.75 Å². The van der Waals surface area contributed by atoms with E-state index < -0.39 is 23.7 Å². The van der Waals surface area contributed by atoms with Crippen LogP contribution >= 0.6 is 0 Å². The molecule has 6 heteroatoms. The number of rotatable bonds is 9. The van der Waals surface area contributed by atoms with Crippen LogP contribution in [-0.2, 0) is 0 Å². The number of halogens is 4. The Hall–Kier alpha value is -1.98. The summed E-state index contributed by atoms with van der Waals surface area (Å²) in [6.45, 7) is 2.25. The predicted octanol–water partition coefficient (Wildman–Crippen LogP) is 8.92. The number of nitrogens with zero attached hydrogens (tertiary/aromatic N) is 1. The fourth-order valence-electron chi connectivity index (χ4n) is 6.04. The average molecular weight is 480 g/mol. The Balaban J connectivity index is 1.24. The molecule has 0 atom stereocenters. The Bertz CT molecular complexity index is 874. The first-order valence-corrected chi connectivity index (χ1v) is 13.1. The van der Waals surface area contributed by atoms with Gasteiger partial charge in [0, 0.05) is 18.1 Å². The third-order valence-electron chi connectivity index (χ3n) is 8.14. The normalized spacial score (nSPS) is 25.9. The molecular weight excluding hydrogens is 442 g/mol. The first kappa shape index (κ1) is 25.1. The van der Waals surface area contributed by atoms with Crippen LogP contribution in [0.25, 0.3) is 5.69 Å². The molecule has 0 saturated heterocycles. The predicted molar refractivity (Wildman–Crippen MR) is 126 cm³/mol. The minimum atomic E-state index is -3.23. The second kappa shape index (κ2) is 11.2. The SMILES string of the molecule is CCCCCC1CCC(C2CCC(C(F)(F)Oc3ccc(-n4cc(F)c(F)c4)cc3)CC2)CC1. The summed E-state index contributed by atoms with van der Waals surface area (Å²) in [7, 11) is 0. The van der Waals surface area contributed by atoms with Crippen LogP contribution in [0.3, 0.4) is 0 Å². The van der Waals surface area contributed by atoms with Crippen molar-refractivity contribution in [3.05, 3.63) is 48.3 Å². The van der Waals surface area contributed by atoms with E-state index >= 15 is 0 Å². The third kappa shape index (κ3) is 6.17. The Kier molecular flexibility index (Phi) is 8.26. The van der Waals surface area contributed by atoms with Gasteiger partial charge in [-0.1, -0.05) is 45.4 Å². The van der Waals surface area contributed by atoms with Crippen molar-refractivity contribution in [2.45, 2.75) is 90.1 Å². The fourth-order valence-corrected chi connectivity index (χ4v) is 6.04. The number of hydrogen-bond acceptors (Lipinski definition) is 1. The number of hydrogen-bond donors (Lipinski definition) is 0. The molecule has 0 N–H and O–H groups in total. The molecule has 0 bridgehead atoms. The largest absolute Gasteiger partial charge is 0.432 e. The molecule has 2 saturated carbocycles. The van der Waals surface area contributed by atoms with Crippen molar-refractivity contribution in [3.63, 3.8) is 0 Å². The Morgan fingerprint density at radius 3 is 1.94 bits per heavy atom. The highest BCUT2D eigenvalue weighted by Crippen LogP contribution is 2.46. The lowest BCUT2D eigenvalue weighted by Gasteiger charge is -2.39. The molecule has 0 unspecified atom stereocenters. The summed E-state index contributed by atoms with van der Waals surface area (Å²) >= 11 is 0. The van der Waals surface area contributed by atoms with Gasteiger partial charge in [0.25, 0.3) is 0 Å². The number of alkyl halides is 2. The topological polar surface area (TPSA) is 14.2 Å². The van der Waals surface area contributed by atoms with Crippen LogP contribution in [0.4, 0.5) is 17.6 Å². The van der Waals surface area contributed by atoms with E-state index in [9.17, 15) is 17.6 Å². The monoisotopic (exact) mass is 479 g/mol. The lowest BCUT2D eigenvalue weighted by atomic mass is 9.68. The number of unbranched alkanes of at least 4 members (excludes halogenated alkanes) is 2. The molecule has 0 spiro atoms. The lowest BCUT2D eigenvalue weighted by Crippen LogP contribution is -2.38. The molecular formula is C28H37F4NO. The van der Waals surface area contributed by atoms with Crippen molar-refractivity contribution in [1.82, 2.24) is 4.57 Å². The van der Waals surface area contributed by atoms with Gasteiger partial charge in [0.15, 0.2) is 11.6 Å². The van der Waals surface area contributed by atoms with E-state index in [0.29, 0.717) is 30.4 Å². The van der Waals surface area contributed by atoms with Crippen molar-refractivity contribution in [2.75, 3.05) is 0 Å². The molecule has 0 aliphatic heterocycles. The zero-order valence-corrected chi connectivity index (χ0v) is 20.1. The van der Waals surface area contributed by atoms with Gasteiger partial charge in [-0.05, 0) is 80.5 Å². The molecule has 34 heavy (non-hydrogen) atoms. The molecule has 4 rings (SSSR count). The van der Waals surface area contributed by atoms with E-state index in [1.165, 1.54) is 80.2 Å². The zero-order chi connectivity index (χ0) is 24.1. The van der Waals surface area contributed by atoms with Crippen LogP contribution in [0.2, 0.25) is 0 Å². The maximum atomic E-state index is 14.9. The van der Waals surface area contributed by atoms with Crippen molar-refractivity contribution >= 4 is 0 Å². The van der Waals surface area contributed by atoms with Crippen LogP contribution in [-0.4, -0.2) is 10.7 Å².